The Morgan fingerprint density at radius 3 is 2.61 bits per heavy atom. The minimum Gasteiger partial charge on any atom is -0.481 e. The van der Waals surface area contributed by atoms with Crippen molar-refractivity contribution in [3.05, 3.63) is 24.3 Å². The minimum absolute atomic E-state index is 0.00115. The van der Waals surface area contributed by atoms with Gasteiger partial charge in [-0.3, -0.25) is 0 Å². The van der Waals surface area contributed by atoms with E-state index < -0.39 is 0 Å². The molecule has 1 fully saturated rings. The van der Waals surface area contributed by atoms with Crippen molar-refractivity contribution in [3.63, 3.8) is 0 Å². The lowest BCUT2D eigenvalue weighted by Gasteiger charge is -2.43. The summed E-state index contributed by atoms with van der Waals surface area (Å²) in [7, 11) is 0. The number of piperidine rings is 1. The number of likely N-dealkylation sites (tertiary alicyclic amines) is 1. The van der Waals surface area contributed by atoms with Gasteiger partial charge in [0.2, 0.25) is 0 Å². The molecular formula is C19H30N2O2. The second kappa shape index (κ2) is 7.10. The van der Waals surface area contributed by atoms with Crippen molar-refractivity contribution in [2.75, 3.05) is 26.2 Å². The lowest BCUT2D eigenvalue weighted by molar-refractivity contribution is -0.0566. The van der Waals surface area contributed by atoms with Crippen LogP contribution in [0.5, 0.6) is 11.5 Å². The zero-order valence-corrected chi connectivity index (χ0v) is 14.7. The SMILES string of the molecule is CC(NCCN1CCCCC1)C1Oc2ccccc2OC1(C)C. The van der Waals surface area contributed by atoms with E-state index in [0.717, 1.165) is 24.6 Å². The maximum Gasteiger partial charge on any atom is 0.162 e. The highest BCUT2D eigenvalue weighted by atomic mass is 16.6. The smallest absolute Gasteiger partial charge is 0.162 e. The normalized spacial score (nSPS) is 25.1. The van der Waals surface area contributed by atoms with E-state index in [4.69, 9.17) is 9.47 Å². The summed E-state index contributed by atoms with van der Waals surface area (Å²) >= 11 is 0. The number of hydrogen-bond acceptors (Lipinski definition) is 4. The fraction of sp³-hybridized carbons (Fsp3) is 0.684. The van der Waals surface area contributed by atoms with Crippen LogP contribution in [-0.2, 0) is 0 Å². The molecule has 4 heteroatoms. The highest BCUT2D eigenvalue weighted by Gasteiger charge is 2.41. The van der Waals surface area contributed by atoms with Crippen LogP contribution in [-0.4, -0.2) is 48.8 Å². The summed E-state index contributed by atoms with van der Waals surface area (Å²) in [5, 5.41) is 3.64. The summed E-state index contributed by atoms with van der Waals surface area (Å²) in [6.07, 6.45) is 4.08. The molecule has 0 amide bonds. The summed E-state index contributed by atoms with van der Waals surface area (Å²) in [5.41, 5.74) is -0.341. The van der Waals surface area contributed by atoms with Crippen LogP contribution in [0.2, 0.25) is 0 Å². The average molecular weight is 318 g/mol. The third-order valence-corrected chi connectivity index (χ3v) is 4.96. The van der Waals surface area contributed by atoms with E-state index in [1.54, 1.807) is 0 Å². The van der Waals surface area contributed by atoms with Gasteiger partial charge in [0.15, 0.2) is 17.6 Å². The van der Waals surface area contributed by atoms with E-state index in [1.165, 1.54) is 32.4 Å². The minimum atomic E-state index is -0.341. The van der Waals surface area contributed by atoms with Crippen LogP contribution in [0.1, 0.15) is 40.0 Å². The summed E-state index contributed by atoms with van der Waals surface area (Å²) < 4.78 is 12.4. The van der Waals surface area contributed by atoms with E-state index in [9.17, 15) is 0 Å². The summed E-state index contributed by atoms with van der Waals surface area (Å²) in [4.78, 5) is 2.56. The van der Waals surface area contributed by atoms with Gasteiger partial charge in [-0.15, -0.1) is 0 Å². The van der Waals surface area contributed by atoms with Crippen LogP contribution in [0.3, 0.4) is 0 Å². The van der Waals surface area contributed by atoms with Gasteiger partial charge >= 0.3 is 0 Å². The fourth-order valence-electron chi connectivity index (χ4n) is 3.70. The quantitative estimate of drug-likeness (QED) is 0.905. The largest absolute Gasteiger partial charge is 0.481 e. The van der Waals surface area contributed by atoms with Crippen LogP contribution >= 0.6 is 0 Å². The molecule has 0 radical (unpaired) electrons. The van der Waals surface area contributed by atoms with Gasteiger partial charge in [-0.25, -0.2) is 0 Å². The molecule has 3 rings (SSSR count). The number of benzene rings is 1. The first-order chi connectivity index (χ1) is 11.1. The summed E-state index contributed by atoms with van der Waals surface area (Å²) in [6.45, 7) is 11.0. The predicted octanol–water partition coefficient (Wildman–Crippen LogP) is 3.07. The van der Waals surface area contributed by atoms with E-state index in [1.807, 2.05) is 24.3 Å². The maximum absolute atomic E-state index is 6.25. The van der Waals surface area contributed by atoms with Crippen molar-refractivity contribution >= 4 is 0 Å². The molecule has 1 aromatic carbocycles. The van der Waals surface area contributed by atoms with Gasteiger partial charge in [-0.1, -0.05) is 18.6 Å². The standard InChI is InChI=1S/C19H30N2O2/c1-15(20-11-14-21-12-7-4-8-13-21)18-19(2,3)23-17-10-6-5-9-16(17)22-18/h5-6,9-10,15,18,20H,4,7-8,11-14H2,1-3H3. The van der Waals surface area contributed by atoms with Gasteiger partial charge in [0.1, 0.15) is 5.60 Å². The molecule has 128 valence electrons. The molecule has 1 aromatic rings. The zero-order valence-electron chi connectivity index (χ0n) is 14.7. The molecule has 0 aromatic heterocycles. The van der Waals surface area contributed by atoms with E-state index >= 15 is 0 Å². The number of hydrogen-bond donors (Lipinski definition) is 1. The first-order valence-corrected chi connectivity index (χ1v) is 8.97. The first kappa shape index (κ1) is 16.6. The summed E-state index contributed by atoms with van der Waals surface area (Å²) in [5.74, 6) is 1.69. The molecular weight excluding hydrogens is 288 g/mol. The Labute approximate surface area is 140 Å². The Morgan fingerprint density at radius 1 is 1.17 bits per heavy atom. The molecule has 1 saturated heterocycles. The third-order valence-electron chi connectivity index (χ3n) is 4.96. The monoisotopic (exact) mass is 318 g/mol. The average Bonchev–Trinajstić information content (AvgIpc) is 2.54. The van der Waals surface area contributed by atoms with Crippen molar-refractivity contribution in [1.29, 1.82) is 0 Å². The molecule has 0 saturated carbocycles. The number of nitrogens with one attached hydrogen (secondary N) is 1. The van der Waals surface area contributed by atoms with Gasteiger partial charge in [-0.2, -0.15) is 0 Å². The van der Waals surface area contributed by atoms with Gasteiger partial charge in [0, 0.05) is 19.1 Å². The van der Waals surface area contributed by atoms with Crippen LogP contribution in [0.4, 0.5) is 0 Å². The van der Waals surface area contributed by atoms with Crippen molar-refractivity contribution in [2.24, 2.45) is 0 Å². The van der Waals surface area contributed by atoms with Gasteiger partial charge in [0.25, 0.3) is 0 Å². The molecule has 23 heavy (non-hydrogen) atoms. The fourth-order valence-corrected chi connectivity index (χ4v) is 3.70. The van der Waals surface area contributed by atoms with Crippen LogP contribution in [0, 0.1) is 0 Å². The maximum atomic E-state index is 6.25. The van der Waals surface area contributed by atoms with Crippen molar-refractivity contribution < 1.29 is 9.47 Å². The van der Waals surface area contributed by atoms with Crippen LogP contribution < -0.4 is 14.8 Å². The molecule has 4 nitrogen and oxygen atoms in total. The van der Waals surface area contributed by atoms with E-state index in [2.05, 4.69) is 31.0 Å². The number of rotatable bonds is 5. The molecule has 2 unspecified atom stereocenters. The second-order valence-corrected chi connectivity index (χ2v) is 7.34. The number of fused-ring (bicyclic) bond motifs is 1. The highest BCUT2D eigenvalue weighted by molar-refractivity contribution is 5.42. The van der Waals surface area contributed by atoms with Crippen LogP contribution in [0.25, 0.3) is 0 Å². The topological polar surface area (TPSA) is 33.7 Å². The Balaban J connectivity index is 1.55. The summed E-state index contributed by atoms with van der Waals surface area (Å²) in [6, 6.07) is 8.17. The number of nitrogens with zero attached hydrogens (tertiary/aromatic N) is 1. The first-order valence-electron chi connectivity index (χ1n) is 8.97. The molecule has 2 aliphatic rings. The van der Waals surface area contributed by atoms with Gasteiger partial charge in [0.05, 0.1) is 0 Å². The third kappa shape index (κ3) is 3.99. The lowest BCUT2D eigenvalue weighted by Crippen LogP contribution is -2.58. The molecule has 0 spiro atoms. The lowest BCUT2D eigenvalue weighted by atomic mass is 9.94. The molecule has 0 aliphatic carbocycles. The van der Waals surface area contributed by atoms with Crippen LogP contribution in [0.15, 0.2) is 24.3 Å². The predicted molar refractivity (Wildman–Crippen MR) is 93.3 cm³/mol. The van der Waals surface area contributed by atoms with Crippen molar-refractivity contribution in [3.8, 4) is 11.5 Å². The second-order valence-electron chi connectivity index (χ2n) is 7.34. The highest BCUT2D eigenvalue weighted by Crippen LogP contribution is 2.38. The van der Waals surface area contributed by atoms with Crippen molar-refractivity contribution in [1.82, 2.24) is 10.2 Å². The molecule has 2 heterocycles. The Morgan fingerprint density at radius 2 is 1.87 bits per heavy atom. The van der Waals surface area contributed by atoms with Gasteiger partial charge in [-0.05, 0) is 58.8 Å². The Hall–Kier alpha value is -1.26. The van der Waals surface area contributed by atoms with E-state index in [-0.39, 0.29) is 17.7 Å². The number of ether oxygens (including phenoxy) is 2. The molecule has 2 aliphatic heterocycles. The Kier molecular flexibility index (Phi) is 5.12. The molecule has 1 N–H and O–H groups in total. The van der Waals surface area contributed by atoms with Crippen molar-refractivity contribution in [2.45, 2.75) is 57.8 Å². The molecule has 2 atom stereocenters. The number of para-hydroxylation sites is 2. The zero-order chi connectivity index (χ0) is 16.3. The van der Waals surface area contributed by atoms with Gasteiger partial charge < -0.3 is 19.7 Å². The van der Waals surface area contributed by atoms with E-state index in [0.29, 0.717) is 0 Å². The Bertz CT molecular complexity index is 512. The molecule has 0 bridgehead atoms.